The fourth-order valence-electron chi connectivity index (χ4n) is 2.83. The number of ether oxygens (including phenoxy) is 1. The summed E-state index contributed by atoms with van der Waals surface area (Å²) in [7, 11) is -1.91. The summed E-state index contributed by atoms with van der Waals surface area (Å²) in [6.45, 7) is 3.90. The van der Waals surface area contributed by atoms with E-state index in [1.165, 1.54) is 0 Å². The Hall–Kier alpha value is -3.18. The van der Waals surface area contributed by atoms with E-state index in [1.807, 2.05) is 6.92 Å². The van der Waals surface area contributed by atoms with Crippen molar-refractivity contribution in [2.24, 2.45) is 7.05 Å². The highest BCUT2D eigenvalue weighted by atomic mass is 32.2. The van der Waals surface area contributed by atoms with Gasteiger partial charge in [-0.3, -0.25) is 4.79 Å². The zero-order chi connectivity index (χ0) is 24.0. The summed E-state index contributed by atoms with van der Waals surface area (Å²) in [6.07, 6.45) is 0. The normalized spacial score (nSPS) is 11.2. The fraction of sp³-hybridized carbons (Fsp3) is 0.273. The number of carbonyl (C=O) groups excluding carboxylic acids is 2. The van der Waals surface area contributed by atoms with Crippen LogP contribution < -0.4 is 5.32 Å². The van der Waals surface area contributed by atoms with Gasteiger partial charge in [0.2, 0.25) is 5.91 Å². The maximum Gasteiger partial charge on any atom is 0.338 e. The molecule has 0 unspecified atom stereocenters. The number of nitrogens with zero attached hydrogens (tertiary/aromatic N) is 3. The molecule has 0 radical (unpaired) electrons. The molecule has 0 fully saturated rings. The molecule has 0 spiro atoms. The van der Waals surface area contributed by atoms with Gasteiger partial charge in [0.25, 0.3) is 0 Å². The lowest BCUT2D eigenvalue weighted by molar-refractivity contribution is -0.113. The zero-order valence-corrected chi connectivity index (χ0v) is 20.1. The number of nitrogens with one attached hydrogen (secondary N) is 1. The minimum Gasteiger partial charge on any atom is -0.462 e. The molecule has 1 N–H and O–H groups in total. The third-order valence-electron chi connectivity index (χ3n) is 4.64. The summed E-state index contributed by atoms with van der Waals surface area (Å²) in [4.78, 5) is 24.2. The molecule has 0 atom stereocenters. The Labute approximate surface area is 196 Å². The van der Waals surface area contributed by atoms with E-state index < -0.39 is 15.8 Å². The van der Waals surface area contributed by atoms with Crippen LogP contribution in [-0.4, -0.2) is 47.4 Å². The predicted molar refractivity (Wildman–Crippen MR) is 125 cm³/mol. The monoisotopic (exact) mass is 488 g/mol. The molecule has 0 saturated heterocycles. The van der Waals surface area contributed by atoms with Crippen molar-refractivity contribution < 1.29 is 22.7 Å². The number of hydrogen-bond donors (Lipinski definition) is 1. The SMILES string of the molecule is CCOC(=O)c1ccc(NC(=O)CSc2nnc(CS(=O)(=O)c3ccc(C)cc3)n2C)cc1. The average Bonchev–Trinajstić information content (AvgIpc) is 3.12. The Bertz CT molecular complexity index is 1240. The van der Waals surface area contributed by atoms with Gasteiger partial charge in [-0.2, -0.15) is 0 Å². The standard InChI is InChI=1S/C22H24N4O5S2/c1-4-31-21(28)16-7-9-17(10-8-16)23-20(27)13-32-22-25-24-19(26(22)3)14-33(29,30)18-11-5-15(2)6-12-18/h5-12H,4,13-14H2,1-3H3,(H,23,27). The summed E-state index contributed by atoms with van der Waals surface area (Å²) in [5, 5.41) is 11.2. The van der Waals surface area contributed by atoms with E-state index in [2.05, 4.69) is 15.5 Å². The molecule has 1 amide bonds. The van der Waals surface area contributed by atoms with Crippen molar-refractivity contribution in [3.05, 3.63) is 65.5 Å². The summed E-state index contributed by atoms with van der Waals surface area (Å²) in [5.41, 5.74) is 1.91. The van der Waals surface area contributed by atoms with E-state index >= 15 is 0 Å². The molecule has 2 aromatic carbocycles. The van der Waals surface area contributed by atoms with Crippen LogP contribution in [0.15, 0.2) is 58.6 Å². The van der Waals surface area contributed by atoms with E-state index in [0.717, 1.165) is 17.3 Å². The van der Waals surface area contributed by atoms with Crippen LogP contribution in [0.25, 0.3) is 0 Å². The van der Waals surface area contributed by atoms with E-state index in [9.17, 15) is 18.0 Å². The number of carbonyl (C=O) groups is 2. The second-order valence-corrected chi connectivity index (χ2v) is 10.1. The van der Waals surface area contributed by atoms with Crippen molar-refractivity contribution in [3.8, 4) is 0 Å². The second-order valence-electron chi connectivity index (χ2n) is 7.16. The number of sulfone groups is 1. The van der Waals surface area contributed by atoms with Crippen molar-refractivity contribution in [1.82, 2.24) is 14.8 Å². The van der Waals surface area contributed by atoms with E-state index in [1.54, 1.807) is 67.1 Å². The molecular weight excluding hydrogens is 464 g/mol. The highest BCUT2D eigenvalue weighted by Crippen LogP contribution is 2.20. The Balaban J connectivity index is 1.57. The van der Waals surface area contributed by atoms with Gasteiger partial charge in [-0.25, -0.2) is 13.2 Å². The molecule has 1 heterocycles. The molecule has 0 saturated carbocycles. The zero-order valence-electron chi connectivity index (χ0n) is 18.4. The van der Waals surface area contributed by atoms with Crippen molar-refractivity contribution in [2.45, 2.75) is 29.7 Å². The van der Waals surface area contributed by atoms with Gasteiger partial charge < -0.3 is 14.6 Å². The quantitative estimate of drug-likeness (QED) is 0.360. The van der Waals surface area contributed by atoms with Gasteiger partial charge in [0.15, 0.2) is 15.0 Å². The molecule has 3 rings (SSSR count). The minimum absolute atomic E-state index is 0.0519. The third kappa shape index (κ3) is 6.42. The van der Waals surface area contributed by atoms with Crippen LogP contribution in [0.2, 0.25) is 0 Å². The average molecular weight is 489 g/mol. The topological polar surface area (TPSA) is 120 Å². The molecular formula is C22H24N4O5S2. The molecule has 3 aromatic rings. The van der Waals surface area contributed by atoms with Crippen LogP contribution >= 0.6 is 11.8 Å². The number of benzene rings is 2. The highest BCUT2D eigenvalue weighted by molar-refractivity contribution is 7.99. The number of esters is 1. The van der Waals surface area contributed by atoms with Crippen molar-refractivity contribution in [1.29, 1.82) is 0 Å². The maximum absolute atomic E-state index is 12.7. The van der Waals surface area contributed by atoms with Crippen LogP contribution in [0, 0.1) is 6.92 Å². The third-order valence-corrected chi connectivity index (χ3v) is 7.29. The summed E-state index contributed by atoms with van der Waals surface area (Å²) in [5.74, 6) is -0.655. The van der Waals surface area contributed by atoms with Crippen molar-refractivity contribution in [2.75, 3.05) is 17.7 Å². The summed E-state index contributed by atoms with van der Waals surface area (Å²) in [6, 6.07) is 13.0. The van der Waals surface area contributed by atoms with Crippen LogP contribution in [0.3, 0.4) is 0 Å². The number of hydrogen-bond acceptors (Lipinski definition) is 8. The van der Waals surface area contributed by atoms with Gasteiger partial charge in [-0.05, 0) is 50.2 Å². The number of rotatable bonds is 9. The van der Waals surface area contributed by atoms with Crippen LogP contribution in [0.1, 0.15) is 28.7 Å². The Kier molecular flexibility index (Phi) is 7.88. The highest BCUT2D eigenvalue weighted by Gasteiger charge is 2.20. The van der Waals surface area contributed by atoms with Crippen molar-refractivity contribution >= 4 is 39.2 Å². The van der Waals surface area contributed by atoms with Gasteiger partial charge >= 0.3 is 5.97 Å². The Morgan fingerprint density at radius 3 is 2.36 bits per heavy atom. The van der Waals surface area contributed by atoms with Crippen LogP contribution in [-0.2, 0) is 32.2 Å². The molecule has 11 heteroatoms. The molecule has 0 aliphatic carbocycles. The first kappa shape index (κ1) is 24.5. The number of aryl methyl sites for hydroxylation is 1. The van der Waals surface area contributed by atoms with Gasteiger partial charge in [-0.15, -0.1) is 10.2 Å². The second kappa shape index (κ2) is 10.6. The lowest BCUT2D eigenvalue weighted by Gasteiger charge is -2.07. The van der Waals surface area contributed by atoms with E-state index in [4.69, 9.17) is 4.74 Å². The smallest absolute Gasteiger partial charge is 0.338 e. The van der Waals surface area contributed by atoms with E-state index in [0.29, 0.717) is 16.4 Å². The predicted octanol–water partition coefficient (Wildman–Crippen LogP) is 3.00. The molecule has 1 aromatic heterocycles. The van der Waals surface area contributed by atoms with Crippen molar-refractivity contribution in [3.63, 3.8) is 0 Å². The van der Waals surface area contributed by atoms with Crippen LogP contribution in [0.4, 0.5) is 5.69 Å². The maximum atomic E-state index is 12.7. The lowest BCUT2D eigenvalue weighted by atomic mass is 10.2. The van der Waals surface area contributed by atoms with Gasteiger partial charge in [0.05, 0.1) is 22.8 Å². The lowest BCUT2D eigenvalue weighted by Crippen LogP contribution is -2.15. The van der Waals surface area contributed by atoms with Gasteiger partial charge in [-0.1, -0.05) is 29.5 Å². The Morgan fingerprint density at radius 2 is 1.73 bits per heavy atom. The van der Waals surface area contributed by atoms with E-state index in [-0.39, 0.29) is 34.7 Å². The first-order valence-electron chi connectivity index (χ1n) is 10.1. The molecule has 174 valence electrons. The molecule has 0 aliphatic heterocycles. The molecule has 9 nitrogen and oxygen atoms in total. The number of anilines is 1. The summed E-state index contributed by atoms with van der Waals surface area (Å²) >= 11 is 1.14. The first-order chi connectivity index (χ1) is 15.7. The van der Waals surface area contributed by atoms with Gasteiger partial charge in [0.1, 0.15) is 11.6 Å². The number of aromatic nitrogens is 3. The molecule has 33 heavy (non-hydrogen) atoms. The van der Waals surface area contributed by atoms with Gasteiger partial charge in [0, 0.05) is 12.7 Å². The fourth-order valence-corrected chi connectivity index (χ4v) is 4.87. The summed E-state index contributed by atoms with van der Waals surface area (Å²) < 4.78 is 31.8. The van der Waals surface area contributed by atoms with Crippen LogP contribution in [0.5, 0.6) is 0 Å². The molecule has 0 bridgehead atoms. The molecule has 0 aliphatic rings. The minimum atomic E-state index is -3.57. The number of thioether (sulfide) groups is 1. The first-order valence-corrected chi connectivity index (χ1v) is 12.7. The number of amides is 1. The largest absolute Gasteiger partial charge is 0.462 e. The Morgan fingerprint density at radius 1 is 1.06 bits per heavy atom.